The first-order chi connectivity index (χ1) is 8.04. The van der Waals surface area contributed by atoms with Crippen molar-refractivity contribution in [2.24, 2.45) is 0 Å². The van der Waals surface area contributed by atoms with Crippen LogP contribution < -0.4 is 5.32 Å². The Hall–Kier alpha value is -1.55. The predicted octanol–water partition coefficient (Wildman–Crippen LogP) is 1.71. The quantitative estimate of drug-likeness (QED) is 0.765. The van der Waals surface area contributed by atoms with Crippen molar-refractivity contribution in [2.75, 3.05) is 13.6 Å². The molecule has 0 bridgehead atoms. The minimum absolute atomic E-state index is 0.00400. The summed E-state index contributed by atoms with van der Waals surface area (Å²) in [5.41, 5.74) is 0. The Morgan fingerprint density at radius 3 is 2.88 bits per heavy atom. The Morgan fingerprint density at radius 1 is 1.65 bits per heavy atom. The van der Waals surface area contributed by atoms with Crippen LogP contribution in [0.15, 0.2) is 29.2 Å². The molecular weight excluding hydrogens is 216 g/mol. The standard InChI is InChI=1S/C13H20N2O2/c1-5-8-14-13(16)11(3)15(4)9-12-7-6-10(2)17-12/h5-7,11H,1,8-9H2,2-4H3,(H,14,16)/t11-/m1/s1. The molecule has 1 aromatic heterocycles. The molecule has 1 aromatic rings. The molecule has 0 aliphatic carbocycles. The number of carbonyl (C=O) groups is 1. The van der Waals surface area contributed by atoms with Crippen LogP contribution in [-0.2, 0) is 11.3 Å². The predicted molar refractivity (Wildman–Crippen MR) is 67.6 cm³/mol. The molecule has 0 aliphatic rings. The molecule has 0 radical (unpaired) electrons. The van der Waals surface area contributed by atoms with Crippen molar-refractivity contribution in [1.82, 2.24) is 10.2 Å². The van der Waals surface area contributed by atoms with Crippen LogP contribution in [0.1, 0.15) is 18.4 Å². The van der Waals surface area contributed by atoms with E-state index in [0.29, 0.717) is 13.1 Å². The van der Waals surface area contributed by atoms with Crippen molar-refractivity contribution in [3.63, 3.8) is 0 Å². The second-order valence-corrected chi connectivity index (χ2v) is 4.14. The summed E-state index contributed by atoms with van der Waals surface area (Å²) in [5, 5.41) is 2.77. The molecule has 0 saturated carbocycles. The summed E-state index contributed by atoms with van der Waals surface area (Å²) in [7, 11) is 1.90. The molecule has 4 heteroatoms. The van der Waals surface area contributed by atoms with E-state index in [1.165, 1.54) is 0 Å². The number of aryl methyl sites for hydroxylation is 1. The normalized spacial score (nSPS) is 12.5. The Kier molecular flexibility index (Phi) is 4.97. The monoisotopic (exact) mass is 236 g/mol. The third-order valence-corrected chi connectivity index (χ3v) is 2.66. The number of hydrogen-bond donors (Lipinski definition) is 1. The molecule has 1 N–H and O–H groups in total. The minimum atomic E-state index is -0.194. The maximum atomic E-state index is 11.7. The van der Waals surface area contributed by atoms with Crippen LogP contribution in [0.25, 0.3) is 0 Å². The number of nitrogens with zero attached hydrogens (tertiary/aromatic N) is 1. The topological polar surface area (TPSA) is 45.5 Å². The summed E-state index contributed by atoms with van der Waals surface area (Å²) in [5.74, 6) is 1.75. The van der Waals surface area contributed by atoms with Crippen molar-refractivity contribution in [1.29, 1.82) is 0 Å². The molecule has 94 valence electrons. The lowest BCUT2D eigenvalue weighted by Crippen LogP contribution is -2.42. The van der Waals surface area contributed by atoms with Crippen molar-refractivity contribution in [3.05, 3.63) is 36.3 Å². The highest BCUT2D eigenvalue weighted by molar-refractivity contribution is 5.81. The lowest BCUT2D eigenvalue weighted by Gasteiger charge is -2.22. The Balaban J connectivity index is 2.48. The maximum Gasteiger partial charge on any atom is 0.237 e. The lowest BCUT2D eigenvalue weighted by atomic mass is 10.2. The molecule has 1 heterocycles. The van der Waals surface area contributed by atoms with Gasteiger partial charge in [0.2, 0.25) is 5.91 Å². The molecule has 4 nitrogen and oxygen atoms in total. The van der Waals surface area contributed by atoms with Gasteiger partial charge >= 0.3 is 0 Å². The number of likely N-dealkylation sites (N-methyl/N-ethyl adjacent to an activating group) is 1. The van der Waals surface area contributed by atoms with Crippen LogP contribution in [0.4, 0.5) is 0 Å². The van der Waals surface area contributed by atoms with E-state index in [4.69, 9.17) is 4.42 Å². The first kappa shape index (κ1) is 13.5. The molecule has 1 atom stereocenters. The fourth-order valence-electron chi connectivity index (χ4n) is 1.47. The molecule has 0 unspecified atom stereocenters. The number of hydrogen-bond acceptors (Lipinski definition) is 3. The van der Waals surface area contributed by atoms with E-state index in [1.807, 2.05) is 37.9 Å². The van der Waals surface area contributed by atoms with Crippen LogP contribution in [0.2, 0.25) is 0 Å². The highest BCUT2D eigenvalue weighted by atomic mass is 16.3. The minimum Gasteiger partial charge on any atom is -0.465 e. The average Bonchev–Trinajstić information content (AvgIpc) is 2.70. The van der Waals surface area contributed by atoms with E-state index in [0.717, 1.165) is 11.5 Å². The lowest BCUT2D eigenvalue weighted by molar-refractivity contribution is -0.125. The number of furan rings is 1. The first-order valence-corrected chi connectivity index (χ1v) is 5.68. The molecule has 0 aliphatic heterocycles. The molecule has 17 heavy (non-hydrogen) atoms. The van der Waals surface area contributed by atoms with Crippen LogP contribution in [0.5, 0.6) is 0 Å². The molecule has 0 saturated heterocycles. The van der Waals surface area contributed by atoms with Crippen LogP contribution >= 0.6 is 0 Å². The van der Waals surface area contributed by atoms with Gasteiger partial charge in [-0.25, -0.2) is 0 Å². The first-order valence-electron chi connectivity index (χ1n) is 5.68. The van der Waals surface area contributed by atoms with Crippen molar-refractivity contribution >= 4 is 5.91 Å². The van der Waals surface area contributed by atoms with Gasteiger partial charge in [0, 0.05) is 6.54 Å². The van der Waals surface area contributed by atoms with E-state index in [2.05, 4.69) is 11.9 Å². The highest BCUT2D eigenvalue weighted by Gasteiger charge is 2.18. The molecule has 0 aromatic carbocycles. The van der Waals surface area contributed by atoms with E-state index in [-0.39, 0.29) is 11.9 Å². The molecule has 0 spiro atoms. The summed E-state index contributed by atoms with van der Waals surface area (Å²) < 4.78 is 5.48. The van der Waals surface area contributed by atoms with E-state index in [9.17, 15) is 4.79 Å². The van der Waals surface area contributed by atoms with Gasteiger partial charge in [0.05, 0.1) is 12.6 Å². The zero-order chi connectivity index (χ0) is 12.8. The summed E-state index contributed by atoms with van der Waals surface area (Å²) in [6.07, 6.45) is 1.67. The van der Waals surface area contributed by atoms with Gasteiger partial charge in [0.25, 0.3) is 0 Å². The van der Waals surface area contributed by atoms with Gasteiger partial charge < -0.3 is 9.73 Å². The van der Waals surface area contributed by atoms with Gasteiger partial charge in [-0.15, -0.1) is 6.58 Å². The fourth-order valence-corrected chi connectivity index (χ4v) is 1.47. The Bertz CT molecular complexity index is 385. The number of nitrogens with one attached hydrogen (secondary N) is 1. The van der Waals surface area contributed by atoms with E-state index < -0.39 is 0 Å². The highest BCUT2D eigenvalue weighted by Crippen LogP contribution is 2.10. The summed E-state index contributed by atoms with van der Waals surface area (Å²) in [4.78, 5) is 13.6. The van der Waals surface area contributed by atoms with Gasteiger partial charge in [0.15, 0.2) is 0 Å². The Morgan fingerprint density at radius 2 is 2.35 bits per heavy atom. The van der Waals surface area contributed by atoms with Crippen molar-refractivity contribution in [2.45, 2.75) is 26.4 Å². The van der Waals surface area contributed by atoms with Gasteiger partial charge in [-0.2, -0.15) is 0 Å². The van der Waals surface area contributed by atoms with Crippen LogP contribution in [0.3, 0.4) is 0 Å². The van der Waals surface area contributed by atoms with Gasteiger partial charge in [-0.05, 0) is 33.0 Å². The molecular formula is C13H20N2O2. The second kappa shape index (κ2) is 6.25. The van der Waals surface area contributed by atoms with Crippen LogP contribution in [-0.4, -0.2) is 30.4 Å². The average molecular weight is 236 g/mol. The van der Waals surface area contributed by atoms with Gasteiger partial charge in [-0.1, -0.05) is 6.08 Å². The number of amides is 1. The maximum absolute atomic E-state index is 11.7. The fraction of sp³-hybridized carbons (Fsp3) is 0.462. The number of carbonyl (C=O) groups excluding carboxylic acids is 1. The molecule has 1 rings (SSSR count). The zero-order valence-electron chi connectivity index (χ0n) is 10.7. The van der Waals surface area contributed by atoms with Gasteiger partial charge in [-0.3, -0.25) is 9.69 Å². The van der Waals surface area contributed by atoms with Gasteiger partial charge in [0.1, 0.15) is 11.5 Å². The molecule has 1 amide bonds. The largest absolute Gasteiger partial charge is 0.465 e. The number of rotatable bonds is 6. The smallest absolute Gasteiger partial charge is 0.237 e. The summed E-state index contributed by atoms with van der Waals surface area (Å²) in [6, 6.07) is 3.66. The van der Waals surface area contributed by atoms with Crippen molar-refractivity contribution < 1.29 is 9.21 Å². The SMILES string of the molecule is C=CCNC(=O)[C@@H](C)N(C)Cc1ccc(C)o1. The van der Waals surface area contributed by atoms with E-state index in [1.54, 1.807) is 6.08 Å². The second-order valence-electron chi connectivity index (χ2n) is 4.14. The molecule has 0 fully saturated rings. The Labute approximate surface area is 102 Å². The summed E-state index contributed by atoms with van der Waals surface area (Å²) >= 11 is 0. The zero-order valence-corrected chi connectivity index (χ0v) is 10.7. The summed E-state index contributed by atoms with van der Waals surface area (Å²) in [6.45, 7) is 8.46. The van der Waals surface area contributed by atoms with Crippen LogP contribution in [0, 0.1) is 6.92 Å². The van der Waals surface area contributed by atoms with Crippen molar-refractivity contribution in [3.8, 4) is 0 Å². The van der Waals surface area contributed by atoms with E-state index >= 15 is 0 Å². The third-order valence-electron chi connectivity index (χ3n) is 2.66. The third kappa shape index (κ3) is 4.07.